The molecular weight excluding hydrogens is 446 g/mol. The van der Waals surface area contributed by atoms with E-state index in [0.717, 1.165) is 39.2 Å². The molecule has 5 rings (SSSR count). The zero-order valence-corrected chi connectivity index (χ0v) is 20.0. The molecule has 0 radical (unpaired) electrons. The van der Waals surface area contributed by atoms with Crippen molar-refractivity contribution in [1.29, 1.82) is 0 Å². The lowest BCUT2D eigenvalue weighted by Gasteiger charge is -2.16. The molecule has 7 nitrogen and oxygen atoms in total. The van der Waals surface area contributed by atoms with Crippen molar-refractivity contribution in [3.63, 3.8) is 0 Å². The molecule has 0 N–H and O–H groups in total. The second kappa shape index (κ2) is 9.23. The van der Waals surface area contributed by atoms with Crippen LogP contribution in [0.1, 0.15) is 34.5 Å². The Morgan fingerprint density at radius 2 is 1.76 bits per heavy atom. The molecule has 0 aliphatic rings. The van der Waals surface area contributed by atoms with Gasteiger partial charge >= 0.3 is 5.97 Å². The van der Waals surface area contributed by atoms with Crippen molar-refractivity contribution in [1.82, 2.24) is 24.6 Å². The van der Waals surface area contributed by atoms with Gasteiger partial charge in [0.1, 0.15) is 5.82 Å². The zero-order valence-electron chi connectivity index (χ0n) is 19.1. The van der Waals surface area contributed by atoms with Gasteiger partial charge in [0.05, 0.1) is 23.4 Å². The molecule has 0 atom stereocenters. The summed E-state index contributed by atoms with van der Waals surface area (Å²) >= 11 is 1.47. The van der Waals surface area contributed by atoms with E-state index < -0.39 is 0 Å². The Morgan fingerprint density at radius 3 is 2.56 bits per heavy atom. The van der Waals surface area contributed by atoms with Gasteiger partial charge in [-0.15, -0.1) is 10.2 Å². The first-order valence-electron chi connectivity index (χ1n) is 11.0. The molecule has 0 aliphatic carbocycles. The molecule has 3 heterocycles. The topological polar surface area (TPSA) is 82.3 Å². The van der Waals surface area contributed by atoms with Gasteiger partial charge in [0.25, 0.3) is 0 Å². The molecule has 0 bridgehead atoms. The van der Waals surface area contributed by atoms with Gasteiger partial charge in [-0.05, 0) is 32.4 Å². The lowest BCUT2D eigenvalue weighted by atomic mass is 9.94. The van der Waals surface area contributed by atoms with Crippen molar-refractivity contribution in [2.75, 3.05) is 6.61 Å². The highest BCUT2D eigenvalue weighted by molar-refractivity contribution is 7.98. The van der Waals surface area contributed by atoms with Crippen LogP contribution >= 0.6 is 11.8 Å². The van der Waals surface area contributed by atoms with E-state index in [1.54, 1.807) is 0 Å². The highest BCUT2D eigenvalue weighted by Gasteiger charge is 2.24. The molecule has 0 unspecified atom stereocenters. The Morgan fingerprint density at radius 1 is 1.00 bits per heavy atom. The number of ether oxygens (including phenoxy) is 1. The number of esters is 1. The van der Waals surface area contributed by atoms with Gasteiger partial charge in [-0.1, -0.05) is 60.3 Å². The Hall–Kier alpha value is -3.78. The molecule has 0 fully saturated rings. The number of aromatic nitrogens is 5. The van der Waals surface area contributed by atoms with Crippen molar-refractivity contribution < 1.29 is 9.53 Å². The average molecular weight is 470 g/mol. The summed E-state index contributed by atoms with van der Waals surface area (Å²) in [5, 5.41) is 10.3. The summed E-state index contributed by atoms with van der Waals surface area (Å²) in [7, 11) is 0. The molecular formula is C26H23N5O2S. The van der Waals surface area contributed by atoms with Crippen LogP contribution in [0.5, 0.6) is 0 Å². The average Bonchev–Trinajstić information content (AvgIpc) is 3.25. The number of pyridine rings is 1. The van der Waals surface area contributed by atoms with Crippen LogP contribution in [0, 0.1) is 13.8 Å². The van der Waals surface area contributed by atoms with Gasteiger partial charge in [0, 0.05) is 28.5 Å². The van der Waals surface area contributed by atoms with Crippen molar-refractivity contribution >= 4 is 34.3 Å². The standard InChI is InChI=1S/C26H23N5O2S/c1-4-33-25(32)24-21(15-34-26-30-29-22-14-16(2)27-17(3)31(22)26)28-20-13-9-8-12-19(20)23(24)18-10-6-5-7-11-18/h5-14H,4,15H2,1-3H3. The Balaban J connectivity index is 1.66. The summed E-state index contributed by atoms with van der Waals surface area (Å²) in [6, 6.07) is 19.7. The van der Waals surface area contributed by atoms with Crippen LogP contribution in [-0.2, 0) is 10.5 Å². The third kappa shape index (κ3) is 4.01. The number of rotatable bonds is 6. The van der Waals surface area contributed by atoms with E-state index in [2.05, 4.69) is 15.2 Å². The summed E-state index contributed by atoms with van der Waals surface area (Å²) in [4.78, 5) is 22.7. The minimum atomic E-state index is -0.380. The van der Waals surface area contributed by atoms with Gasteiger partial charge in [-0.3, -0.25) is 9.38 Å². The first-order chi connectivity index (χ1) is 16.6. The summed E-state index contributed by atoms with van der Waals surface area (Å²) in [5.74, 6) is 0.853. The first kappa shape index (κ1) is 22.0. The van der Waals surface area contributed by atoms with Crippen LogP contribution < -0.4 is 0 Å². The molecule has 0 amide bonds. The Labute approximate surface area is 201 Å². The van der Waals surface area contributed by atoms with Crippen LogP contribution in [0.25, 0.3) is 27.7 Å². The van der Waals surface area contributed by atoms with E-state index >= 15 is 0 Å². The smallest absolute Gasteiger partial charge is 0.340 e. The third-order valence-corrected chi connectivity index (χ3v) is 6.45. The number of para-hydroxylation sites is 1. The van der Waals surface area contributed by atoms with Crippen LogP contribution in [0.3, 0.4) is 0 Å². The lowest BCUT2D eigenvalue weighted by Crippen LogP contribution is -2.12. The predicted molar refractivity (Wildman–Crippen MR) is 133 cm³/mol. The van der Waals surface area contributed by atoms with E-state index in [0.29, 0.717) is 22.2 Å². The summed E-state index contributed by atoms with van der Waals surface area (Å²) in [5.41, 5.74) is 5.37. The largest absolute Gasteiger partial charge is 0.462 e. The summed E-state index contributed by atoms with van der Waals surface area (Å²) in [6.07, 6.45) is 0. The molecule has 0 aliphatic heterocycles. The number of hydrogen-bond acceptors (Lipinski definition) is 7. The third-order valence-electron chi connectivity index (χ3n) is 5.51. The van der Waals surface area contributed by atoms with Crippen molar-refractivity contribution in [2.24, 2.45) is 0 Å². The highest BCUT2D eigenvalue weighted by Crippen LogP contribution is 2.35. The van der Waals surface area contributed by atoms with Crippen LogP contribution in [0.2, 0.25) is 0 Å². The zero-order chi connectivity index (χ0) is 23.7. The first-order valence-corrected chi connectivity index (χ1v) is 12.0. The van der Waals surface area contributed by atoms with E-state index in [1.165, 1.54) is 11.8 Å². The normalized spacial score (nSPS) is 11.3. The molecule has 8 heteroatoms. The van der Waals surface area contributed by atoms with Gasteiger partial charge in [0.15, 0.2) is 10.8 Å². The fraction of sp³-hybridized carbons (Fsp3) is 0.192. The molecule has 170 valence electrons. The summed E-state index contributed by atoms with van der Waals surface area (Å²) < 4.78 is 7.41. The van der Waals surface area contributed by atoms with Crippen molar-refractivity contribution in [2.45, 2.75) is 31.7 Å². The number of fused-ring (bicyclic) bond motifs is 2. The lowest BCUT2D eigenvalue weighted by molar-refractivity contribution is 0.0526. The number of hydrogen-bond donors (Lipinski definition) is 0. The van der Waals surface area contributed by atoms with Crippen molar-refractivity contribution in [3.05, 3.63) is 83.4 Å². The van der Waals surface area contributed by atoms with Gasteiger partial charge in [0.2, 0.25) is 0 Å². The number of carbonyl (C=O) groups excluding carboxylic acids is 1. The second-order valence-corrected chi connectivity index (χ2v) is 8.76. The SMILES string of the molecule is CCOC(=O)c1c(CSc2nnc3cc(C)nc(C)n23)nc2ccccc2c1-c1ccccc1. The summed E-state index contributed by atoms with van der Waals surface area (Å²) in [6.45, 7) is 5.96. The maximum absolute atomic E-state index is 13.3. The molecule has 0 spiro atoms. The van der Waals surface area contributed by atoms with Gasteiger partial charge in [-0.2, -0.15) is 0 Å². The molecule has 0 saturated heterocycles. The number of benzene rings is 2. The maximum atomic E-state index is 13.3. The van der Waals surface area contributed by atoms with Gasteiger partial charge < -0.3 is 4.74 Å². The number of nitrogens with zero attached hydrogens (tertiary/aromatic N) is 5. The number of aryl methyl sites for hydroxylation is 2. The van der Waals surface area contributed by atoms with E-state index in [1.807, 2.05) is 85.8 Å². The monoisotopic (exact) mass is 469 g/mol. The minimum absolute atomic E-state index is 0.283. The minimum Gasteiger partial charge on any atom is -0.462 e. The fourth-order valence-electron chi connectivity index (χ4n) is 4.12. The number of carbonyl (C=O) groups is 1. The molecule has 3 aromatic heterocycles. The maximum Gasteiger partial charge on any atom is 0.340 e. The van der Waals surface area contributed by atoms with Crippen LogP contribution in [-0.4, -0.2) is 37.1 Å². The molecule has 5 aromatic rings. The Bertz CT molecular complexity index is 1510. The second-order valence-electron chi connectivity index (χ2n) is 7.82. The van der Waals surface area contributed by atoms with Crippen LogP contribution in [0.15, 0.2) is 65.8 Å². The van der Waals surface area contributed by atoms with Crippen molar-refractivity contribution in [3.8, 4) is 11.1 Å². The molecule has 2 aromatic carbocycles. The Kier molecular flexibility index (Phi) is 5.98. The quantitative estimate of drug-likeness (QED) is 0.242. The van der Waals surface area contributed by atoms with E-state index in [9.17, 15) is 4.79 Å². The highest BCUT2D eigenvalue weighted by atomic mass is 32.2. The molecule has 34 heavy (non-hydrogen) atoms. The molecule has 0 saturated carbocycles. The van der Waals surface area contributed by atoms with Gasteiger partial charge in [-0.25, -0.2) is 9.78 Å². The fourth-order valence-corrected chi connectivity index (χ4v) is 5.05. The van der Waals surface area contributed by atoms with E-state index in [4.69, 9.17) is 9.72 Å². The predicted octanol–water partition coefficient (Wildman–Crippen LogP) is 5.43. The number of thioether (sulfide) groups is 1. The van der Waals surface area contributed by atoms with E-state index in [-0.39, 0.29) is 12.6 Å². The van der Waals surface area contributed by atoms with Crippen LogP contribution in [0.4, 0.5) is 0 Å².